The Labute approximate surface area is 226 Å². The average molecular weight is 587 g/mol. The van der Waals surface area contributed by atoms with Gasteiger partial charge in [0.25, 0.3) is 10.0 Å². The largest absolute Gasteiger partial charge is 0.495 e. The molecule has 3 rings (SSSR count). The second-order valence-electron chi connectivity index (χ2n) is 7.94. The standard InChI is InChI=1S/C24H25Cl2N3O6S2/c1-35-23-14-11-20(16-22(23)26)29(36(2,31)32)15-3-4-24(30)27-18-9-12-21(13-10-18)37(33,34)28-19-7-5-17(25)6-8-19/h5-14,16,28H,3-4,15H2,1-2H3,(H,27,30). The van der Waals surface area contributed by atoms with Crippen LogP contribution in [0.2, 0.25) is 10.0 Å². The highest BCUT2D eigenvalue weighted by Crippen LogP contribution is 2.30. The second-order valence-corrected chi connectivity index (χ2v) is 12.4. The lowest BCUT2D eigenvalue weighted by Gasteiger charge is -2.23. The van der Waals surface area contributed by atoms with Crippen LogP contribution in [-0.2, 0) is 24.8 Å². The molecule has 0 radical (unpaired) electrons. The van der Waals surface area contributed by atoms with Gasteiger partial charge in [0.05, 0.1) is 29.0 Å². The van der Waals surface area contributed by atoms with Crippen LogP contribution in [0.1, 0.15) is 12.8 Å². The van der Waals surface area contributed by atoms with E-state index in [0.717, 1.165) is 6.26 Å². The Balaban J connectivity index is 1.58. The number of rotatable bonds is 11. The number of ether oxygens (including phenoxy) is 1. The third-order valence-electron chi connectivity index (χ3n) is 5.13. The maximum absolute atomic E-state index is 12.6. The van der Waals surface area contributed by atoms with E-state index in [4.69, 9.17) is 27.9 Å². The molecule has 13 heteroatoms. The van der Waals surface area contributed by atoms with Gasteiger partial charge in [-0.1, -0.05) is 23.2 Å². The van der Waals surface area contributed by atoms with E-state index in [-0.39, 0.29) is 35.2 Å². The van der Waals surface area contributed by atoms with Crippen LogP contribution >= 0.6 is 23.2 Å². The molecule has 0 atom stereocenters. The van der Waals surface area contributed by atoms with E-state index in [1.165, 1.54) is 41.7 Å². The van der Waals surface area contributed by atoms with Crippen molar-refractivity contribution in [2.45, 2.75) is 17.7 Å². The van der Waals surface area contributed by atoms with Crippen LogP contribution in [0.3, 0.4) is 0 Å². The molecule has 9 nitrogen and oxygen atoms in total. The number of halogens is 2. The van der Waals surface area contributed by atoms with Crippen molar-refractivity contribution >= 4 is 66.2 Å². The molecule has 3 aromatic rings. The number of methoxy groups -OCH3 is 1. The van der Waals surface area contributed by atoms with E-state index in [1.54, 1.807) is 36.4 Å². The lowest BCUT2D eigenvalue weighted by Crippen LogP contribution is -2.31. The van der Waals surface area contributed by atoms with Crippen LogP contribution in [0.4, 0.5) is 17.1 Å². The smallest absolute Gasteiger partial charge is 0.261 e. The van der Waals surface area contributed by atoms with Gasteiger partial charge in [-0.3, -0.25) is 13.8 Å². The van der Waals surface area contributed by atoms with Crippen LogP contribution in [0.5, 0.6) is 5.75 Å². The summed E-state index contributed by atoms with van der Waals surface area (Å²) in [5.74, 6) is 0.0638. The van der Waals surface area contributed by atoms with Gasteiger partial charge in [0.15, 0.2) is 0 Å². The predicted octanol–water partition coefficient (Wildman–Crippen LogP) is 4.99. The highest BCUT2D eigenvalue weighted by atomic mass is 35.5. The van der Waals surface area contributed by atoms with Crippen molar-refractivity contribution in [3.63, 3.8) is 0 Å². The summed E-state index contributed by atoms with van der Waals surface area (Å²) >= 11 is 11.9. The number of hydrogen-bond donors (Lipinski definition) is 2. The van der Waals surface area contributed by atoms with Crippen LogP contribution in [0.25, 0.3) is 0 Å². The SMILES string of the molecule is COc1ccc(N(CCCC(=O)Nc2ccc(S(=O)(=O)Nc3ccc(Cl)cc3)cc2)S(C)(=O)=O)cc1Cl. The summed E-state index contributed by atoms with van der Waals surface area (Å²) in [6, 6.07) is 16.5. The lowest BCUT2D eigenvalue weighted by molar-refractivity contribution is -0.116. The minimum Gasteiger partial charge on any atom is -0.495 e. The molecule has 0 heterocycles. The van der Waals surface area contributed by atoms with Gasteiger partial charge >= 0.3 is 0 Å². The van der Waals surface area contributed by atoms with Gasteiger partial charge in [0.2, 0.25) is 15.9 Å². The molecule has 1 amide bonds. The molecule has 0 spiro atoms. The predicted molar refractivity (Wildman–Crippen MR) is 147 cm³/mol. The number of amides is 1. The molecule has 198 valence electrons. The first-order valence-electron chi connectivity index (χ1n) is 10.9. The number of anilines is 3. The summed E-state index contributed by atoms with van der Waals surface area (Å²) in [5.41, 5.74) is 1.12. The van der Waals surface area contributed by atoms with Gasteiger partial charge in [0, 0.05) is 29.4 Å². The monoisotopic (exact) mass is 585 g/mol. The Kier molecular flexibility index (Phi) is 9.30. The Hall–Kier alpha value is -2.99. The van der Waals surface area contributed by atoms with Crippen molar-refractivity contribution in [3.05, 3.63) is 76.8 Å². The molecular weight excluding hydrogens is 561 g/mol. The summed E-state index contributed by atoms with van der Waals surface area (Å²) < 4.78 is 58.5. The molecule has 37 heavy (non-hydrogen) atoms. The molecule has 2 N–H and O–H groups in total. The van der Waals surface area contributed by atoms with Gasteiger partial charge in [-0.15, -0.1) is 0 Å². The minimum absolute atomic E-state index is 0.0161. The van der Waals surface area contributed by atoms with Crippen molar-refractivity contribution in [1.29, 1.82) is 0 Å². The number of sulfonamides is 2. The summed E-state index contributed by atoms with van der Waals surface area (Å²) in [4.78, 5) is 12.4. The van der Waals surface area contributed by atoms with E-state index in [9.17, 15) is 21.6 Å². The lowest BCUT2D eigenvalue weighted by atomic mass is 10.2. The summed E-state index contributed by atoms with van der Waals surface area (Å²) in [6.07, 6.45) is 1.34. The maximum atomic E-state index is 12.6. The third-order valence-corrected chi connectivity index (χ3v) is 8.27. The molecule has 3 aromatic carbocycles. The molecule has 0 saturated carbocycles. The first kappa shape index (κ1) is 28.6. The van der Waals surface area contributed by atoms with Gasteiger partial charge in [-0.25, -0.2) is 16.8 Å². The molecule has 0 fully saturated rings. The van der Waals surface area contributed by atoms with E-state index in [1.807, 2.05) is 0 Å². The van der Waals surface area contributed by atoms with Crippen molar-refractivity contribution in [2.75, 3.05) is 34.3 Å². The van der Waals surface area contributed by atoms with Crippen molar-refractivity contribution < 1.29 is 26.4 Å². The summed E-state index contributed by atoms with van der Waals surface area (Å²) in [7, 11) is -5.99. The molecule has 0 aliphatic carbocycles. The van der Waals surface area contributed by atoms with E-state index >= 15 is 0 Å². The maximum Gasteiger partial charge on any atom is 0.261 e. The quantitative estimate of drug-likeness (QED) is 0.327. The Morgan fingerprint density at radius 1 is 0.919 bits per heavy atom. The second kappa shape index (κ2) is 12.0. The Bertz CT molecular complexity index is 1460. The van der Waals surface area contributed by atoms with Crippen LogP contribution < -0.4 is 19.1 Å². The number of benzene rings is 3. The molecule has 0 unspecified atom stereocenters. The normalized spacial score (nSPS) is 11.6. The highest BCUT2D eigenvalue weighted by molar-refractivity contribution is 7.92. The topological polar surface area (TPSA) is 122 Å². The van der Waals surface area contributed by atoms with E-state index in [2.05, 4.69) is 10.0 Å². The van der Waals surface area contributed by atoms with Gasteiger partial charge in [-0.05, 0) is 73.2 Å². The number of carbonyl (C=O) groups excluding carboxylic acids is 1. The fraction of sp³-hybridized carbons (Fsp3) is 0.208. The van der Waals surface area contributed by atoms with Crippen LogP contribution in [0.15, 0.2) is 71.6 Å². The zero-order chi connectivity index (χ0) is 27.2. The third kappa shape index (κ3) is 8.00. The number of carbonyl (C=O) groups is 1. The zero-order valence-corrected chi connectivity index (χ0v) is 23.1. The number of hydrogen-bond acceptors (Lipinski definition) is 6. The first-order chi connectivity index (χ1) is 17.4. The Morgan fingerprint density at radius 2 is 1.54 bits per heavy atom. The molecule has 0 saturated heterocycles. The molecule has 0 aromatic heterocycles. The summed E-state index contributed by atoms with van der Waals surface area (Å²) in [6.45, 7) is 0.0580. The van der Waals surface area contributed by atoms with Crippen LogP contribution in [-0.4, -0.2) is 42.7 Å². The van der Waals surface area contributed by atoms with Crippen molar-refractivity contribution in [2.24, 2.45) is 0 Å². The molecule has 0 bridgehead atoms. The number of nitrogens with one attached hydrogen (secondary N) is 2. The van der Waals surface area contributed by atoms with E-state index in [0.29, 0.717) is 27.8 Å². The van der Waals surface area contributed by atoms with Crippen LogP contribution in [0, 0.1) is 0 Å². The fourth-order valence-electron chi connectivity index (χ4n) is 3.35. The zero-order valence-electron chi connectivity index (χ0n) is 19.9. The number of nitrogens with zero attached hydrogens (tertiary/aromatic N) is 1. The molecule has 0 aliphatic heterocycles. The van der Waals surface area contributed by atoms with Crippen molar-refractivity contribution in [1.82, 2.24) is 0 Å². The first-order valence-corrected chi connectivity index (χ1v) is 15.0. The minimum atomic E-state index is -3.83. The van der Waals surface area contributed by atoms with Gasteiger partial charge in [0.1, 0.15) is 5.75 Å². The van der Waals surface area contributed by atoms with Crippen molar-refractivity contribution in [3.8, 4) is 5.75 Å². The molecular formula is C24H25Cl2N3O6S2. The highest BCUT2D eigenvalue weighted by Gasteiger charge is 2.19. The fourth-order valence-corrected chi connectivity index (χ4v) is 5.75. The van der Waals surface area contributed by atoms with Gasteiger partial charge in [-0.2, -0.15) is 0 Å². The molecule has 0 aliphatic rings. The summed E-state index contributed by atoms with van der Waals surface area (Å²) in [5, 5.41) is 3.43. The Morgan fingerprint density at radius 3 is 2.11 bits per heavy atom. The average Bonchev–Trinajstić information content (AvgIpc) is 2.83. The van der Waals surface area contributed by atoms with Gasteiger partial charge < -0.3 is 10.1 Å². The van der Waals surface area contributed by atoms with E-state index < -0.39 is 20.0 Å².